The van der Waals surface area contributed by atoms with E-state index < -0.39 is 0 Å². The maximum absolute atomic E-state index is 2.44. The van der Waals surface area contributed by atoms with Gasteiger partial charge >= 0.3 is 0 Å². The van der Waals surface area contributed by atoms with E-state index in [2.05, 4.69) is 83.8 Å². The van der Waals surface area contributed by atoms with Crippen LogP contribution < -0.4 is 4.90 Å². The molecule has 3 aromatic rings. The van der Waals surface area contributed by atoms with Crippen molar-refractivity contribution < 1.29 is 0 Å². The smallest absolute Gasteiger partial charge is 0.0490 e. The fourth-order valence-electron chi connectivity index (χ4n) is 3.14. The highest BCUT2D eigenvalue weighted by Gasteiger charge is 2.19. The largest absolute Gasteiger partial charge is 0.340 e. The fourth-order valence-corrected chi connectivity index (χ4v) is 3.14. The van der Waals surface area contributed by atoms with Crippen LogP contribution in [0.15, 0.2) is 78.9 Å². The van der Waals surface area contributed by atoms with Gasteiger partial charge in [-0.05, 0) is 23.4 Å². The second-order valence-corrected chi connectivity index (χ2v) is 5.39. The molecular weight excluding hydrogens is 254 g/mol. The number of hydrogen-bond donors (Lipinski definition) is 0. The second-order valence-electron chi connectivity index (χ2n) is 5.39. The minimum absolute atomic E-state index is 1.05. The zero-order valence-electron chi connectivity index (χ0n) is 11.9. The topological polar surface area (TPSA) is 3.24 Å². The summed E-state index contributed by atoms with van der Waals surface area (Å²) in [6.45, 7) is 1.05. The molecule has 0 N–H and O–H groups in total. The molecule has 1 heterocycles. The third-order valence-electron chi connectivity index (χ3n) is 4.11. The van der Waals surface area contributed by atoms with Crippen LogP contribution in [0.5, 0.6) is 0 Å². The van der Waals surface area contributed by atoms with Crippen LogP contribution in [-0.2, 0) is 0 Å². The fraction of sp³-hybridized carbons (Fsp3) is 0.100. The van der Waals surface area contributed by atoms with E-state index in [1.165, 1.54) is 27.7 Å². The van der Waals surface area contributed by atoms with Gasteiger partial charge in [0.25, 0.3) is 0 Å². The number of benzene rings is 3. The standard InChI is InChI=1S/C20H17N/c1-2-9-17(10-3-1)19-14-7-15-21(19)20-13-6-11-16-8-4-5-12-18(16)20/h1-6,8-14H,7,15H2. The molecule has 1 heteroatoms. The van der Waals surface area contributed by atoms with Crippen LogP contribution in [0, 0.1) is 0 Å². The highest BCUT2D eigenvalue weighted by atomic mass is 15.2. The molecular formula is C20H17N. The van der Waals surface area contributed by atoms with Gasteiger partial charge in [-0.1, -0.05) is 72.8 Å². The summed E-state index contributed by atoms with van der Waals surface area (Å²) >= 11 is 0. The number of nitrogens with zero attached hydrogens (tertiary/aromatic N) is 1. The van der Waals surface area contributed by atoms with Gasteiger partial charge in [0.2, 0.25) is 0 Å². The van der Waals surface area contributed by atoms with Crippen molar-refractivity contribution in [3.05, 3.63) is 84.4 Å². The molecule has 0 atom stereocenters. The van der Waals surface area contributed by atoms with Gasteiger partial charge in [-0.15, -0.1) is 0 Å². The van der Waals surface area contributed by atoms with Crippen LogP contribution in [0.1, 0.15) is 12.0 Å². The minimum atomic E-state index is 1.05. The van der Waals surface area contributed by atoms with E-state index in [9.17, 15) is 0 Å². The summed E-state index contributed by atoms with van der Waals surface area (Å²) in [7, 11) is 0. The molecule has 102 valence electrons. The van der Waals surface area contributed by atoms with E-state index in [0.717, 1.165) is 13.0 Å². The van der Waals surface area contributed by atoms with Crippen LogP contribution in [0.3, 0.4) is 0 Å². The summed E-state index contributed by atoms with van der Waals surface area (Å²) in [5.41, 5.74) is 3.93. The molecule has 0 bridgehead atoms. The van der Waals surface area contributed by atoms with Crippen LogP contribution >= 0.6 is 0 Å². The summed E-state index contributed by atoms with van der Waals surface area (Å²) < 4.78 is 0. The Bertz CT molecular complexity index is 797. The molecule has 0 spiro atoms. The lowest BCUT2D eigenvalue weighted by molar-refractivity contribution is 1.01. The monoisotopic (exact) mass is 271 g/mol. The molecule has 0 aromatic heterocycles. The first-order valence-corrected chi connectivity index (χ1v) is 7.44. The molecule has 0 saturated carbocycles. The Balaban J connectivity index is 1.84. The van der Waals surface area contributed by atoms with E-state index in [1.807, 2.05) is 0 Å². The van der Waals surface area contributed by atoms with Crippen molar-refractivity contribution in [2.75, 3.05) is 11.4 Å². The van der Waals surface area contributed by atoms with Crippen LogP contribution in [-0.4, -0.2) is 6.54 Å². The molecule has 0 radical (unpaired) electrons. The third-order valence-corrected chi connectivity index (χ3v) is 4.11. The Hall–Kier alpha value is -2.54. The molecule has 0 fully saturated rings. The molecule has 3 aromatic carbocycles. The zero-order valence-corrected chi connectivity index (χ0v) is 11.9. The predicted molar refractivity (Wildman–Crippen MR) is 90.3 cm³/mol. The van der Waals surface area contributed by atoms with Crippen molar-refractivity contribution in [3.8, 4) is 0 Å². The second kappa shape index (κ2) is 5.10. The SMILES string of the molecule is C1=C(c2ccccc2)N(c2cccc3ccccc23)CC1. The van der Waals surface area contributed by atoms with Gasteiger partial charge in [0.1, 0.15) is 0 Å². The molecule has 1 aliphatic heterocycles. The lowest BCUT2D eigenvalue weighted by Crippen LogP contribution is -2.17. The number of hydrogen-bond acceptors (Lipinski definition) is 1. The van der Waals surface area contributed by atoms with Gasteiger partial charge in [0.15, 0.2) is 0 Å². The van der Waals surface area contributed by atoms with Crippen LogP contribution in [0.2, 0.25) is 0 Å². The lowest BCUT2D eigenvalue weighted by atomic mass is 10.1. The van der Waals surface area contributed by atoms with E-state index in [-0.39, 0.29) is 0 Å². The Labute approximate surface area is 125 Å². The van der Waals surface area contributed by atoms with E-state index in [0.29, 0.717) is 0 Å². The van der Waals surface area contributed by atoms with Crippen molar-refractivity contribution >= 4 is 22.2 Å². The predicted octanol–water partition coefficient (Wildman–Crippen LogP) is 5.09. The Morgan fingerprint density at radius 1 is 0.714 bits per heavy atom. The molecule has 0 unspecified atom stereocenters. The van der Waals surface area contributed by atoms with Gasteiger partial charge in [-0.2, -0.15) is 0 Å². The minimum Gasteiger partial charge on any atom is -0.340 e. The highest BCUT2D eigenvalue weighted by Crippen LogP contribution is 2.35. The summed E-state index contributed by atoms with van der Waals surface area (Å²) in [6, 6.07) is 25.8. The number of fused-ring (bicyclic) bond motifs is 1. The Morgan fingerprint density at radius 2 is 1.48 bits per heavy atom. The first kappa shape index (κ1) is 12.2. The van der Waals surface area contributed by atoms with E-state index in [1.54, 1.807) is 0 Å². The first-order valence-electron chi connectivity index (χ1n) is 7.44. The lowest BCUT2D eigenvalue weighted by Gasteiger charge is -2.24. The molecule has 1 aliphatic rings. The molecule has 4 rings (SSSR count). The maximum Gasteiger partial charge on any atom is 0.0490 e. The summed E-state index contributed by atoms with van der Waals surface area (Å²) in [4.78, 5) is 2.44. The van der Waals surface area contributed by atoms with Gasteiger partial charge in [-0.3, -0.25) is 0 Å². The molecule has 1 nitrogen and oxygen atoms in total. The summed E-state index contributed by atoms with van der Waals surface area (Å²) in [6.07, 6.45) is 3.45. The molecule has 21 heavy (non-hydrogen) atoms. The van der Waals surface area contributed by atoms with E-state index in [4.69, 9.17) is 0 Å². The van der Waals surface area contributed by atoms with Crippen molar-refractivity contribution in [1.82, 2.24) is 0 Å². The van der Waals surface area contributed by atoms with Gasteiger partial charge < -0.3 is 4.90 Å². The quantitative estimate of drug-likeness (QED) is 0.627. The van der Waals surface area contributed by atoms with Crippen molar-refractivity contribution in [2.24, 2.45) is 0 Å². The number of rotatable bonds is 2. The maximum atomic E-state index is 2.44. The van der Waals surface area contributed by atoms with E-state index >= 15 is 0 Å². The van der Waals surface area contributed by atoms with Gasteiger partial charge in [0, 0.05) is 23.3 Å². The van der Waals surface area contributed by atoms with Crippen molar-refractivity contribution in [2.45, 2.75) is 6.42 Å². The highest BCUT2D eigenvalue weighted by molar-refractivity contribution is 5.98. The first-order chi connectivity index (χ1) is 10.4. The molecule has 0 amide bonds. The van der Waals surface area contributed by atoms with Crippen molar-refractivity contribution in [1.29, 1.82) is 0 Å². The average Bonchev–Trinajstić information content (AvgIpc) is 3.04. The molecule has 0 saturated heterocycles. The normalized spacial score (nSPS) is 14.5. The van der Waals surface area contributed by atoms with Crippen LogP contribution in [0.4, 0.5) is 5.69 Å². The van der Waals surface area contributed by atoms with Gasteiger partial charge in [-0.25, -0.2) is 0 Å². The Kier molecular flexibility index (Phi) is 2.97. The number of anilines is 1. The van der Waals surface area contributed by atoms with Gasteiger partial charge in [0.05, 0.1) is 0 Å². The third kappa shape index (κ3) is 2.11. The van der Waals surface area contributed by atoms with Crippen molar-refractivity contribution in [3.63, 3.8) is 0 Å². The Morgan fingerprint density at radius 3 is 2.38 bits per heavy atom. The van der Waals surface area contributed by atoms with Crippen LogP contribution in [0.25, 0.3) is 16.5 Å². The zero-order chi connectivity index (χ0) is 14.1. The summed E-state index contributed by atoms with van der Waals surface area (Å²) in [5.74, 6) is 0. The molecule has 0 aliphatic carbocycles. The average molecular weight is 271 g/mol. The summed E-state index contributed by atoms with van der Waals surface area (Å²) in [5, 5.41) is 2.62.